The molecule has 0 saturated heterocycles. The molecule has 3 rings (SSSR count). The van der Waals surface area contributed by atoms with Gasteiger partial charge in [-0.15, -0.1) is 0 Å². The fourth-order valence-electron chi connectivity index (χ4n) is 2.33. The first-order valence-electron chi connectivity index (χ1n) is 5.34. The van der Waals surface area contributed by atoms with Gasteiger partial charge in [-0.05, 0) is 19.1 Å². The highest BCUT2D eigenvalue weighted by atomic mass is 15.0. The van der Waals surface area contributed by atoms with Gasteiger partial charge in [0.1, 0.15) is 0 Å². The number of benzene rings is 1. The van der Waals surface area contributed by atoms with Crippen LogP contribution in [0.5, 0.6) is 0 Å². The van der Waals surface area contributed by atoms with Gasteiger partial charge in [-0.3, -0.25) is 0 Å². The lowest BCUT2D eigenvalue weighted by atomic mass is 10.2. The zero-order chi connectivity index (χ0) is 10.4. The zero-order valence-electron chi connectivity index (χ0n) is 9.07. The van der Waals surface area contributed by atoms with Gasteiger partial charge in [-0.1, -0.05) is 12.1 Å². The van der Waals surface area contributed by atoms with Gasteiger partial charge in [0.15, 0.2) is 0 Å². The third-order valence-corrected chi connectivity index (χ3v) is 3.11. The maximum absolute atomic E-state index is 2.30. The molecule has 0 aliphatic carbocycles. The predicted octanol–water partition coefficient (Wildman–Crippen LogP) is 3.15. The second kappa shape index (κ2) is 2.89. The minimum Gasteiger partial charge on any atom is -0.349 e. The molecule has 0 radical (unpaired) electrons. The van der Waals surface area contributed by atoms with Crippen molar-refractivity contribution in [3.63, 3.8) is 0 Å². The van der Waals surface area contributed by atoms with Crippen molar-refractivity contribution in [3.05, 3.63) is 36.7 Å². The maximum atomic E-state index is 2.30. The summed E-state index contributed by atoms with van der Waals surface area (Å²) in [5.41, 5.74) is 2.68. The molecule has 15 heavy (non-hydrogen) atoms. The summed E-state index contributed by atoms with van der Waals surface area (Å²) in [6.45, 7) is 3.20. The highest BCUT2D eigenvalue weighted by molar-refractivity contribution is 6.04. The van der Waals surface area contributed by atoms with Gasteiger partial charge in [-0.25, -0.2) is 0 Å². The van der Waals surface area contributed by atoms with Crippen LogP contribution < -0.4 is 0 Å². The van der Waals surface area contributed by atoms with E-state index in [1.807, 2.05) is 0 Å². The van der Waals surface area contributed by atoms with E-state index < -0.39 is 0 Å². The van der Waals surface area contributed by atoms with Crippen molar-refractivity contribution >= 4 is 21.8 Å². The molecule has 2 aromatic heterocycles. The summed E-state index contributed by atoms with van der Waals surface area (Å²) in [5.74, 6) is 0. The number of hydrogen-bond acceptors (Lipinski definition) is 0. The fraction of sp³-hybridized carbons (Fsp3) is 0.231. The zero-order valence-corrected chi connectivity index (χ0v) is 9.07. The van der Waals surface area contributed by atoms with E-state index in [9.17, 15) is 0 Å². The Labute approximate surface area is 88.7 Å². The van der Waals surface area contributed by atoms with Crippen LogP contribution in [-0.2, 0) is 13.6 Å². The van der Waals surface area contributed by atoms with Crippen LogP contribution in [0.25, 0.3) is 21.8 Å². The Kier molecular flexibility index (Phi) is 1.66. The third kappa shape index (κ3) is 1.05. The van der Waals surface area contributed by atoms with Crippen LogP contribution >= 0.6 is 0 Å². The summed E-state index contributed by atoms with van der Waals surface area (Å²) in [7, 11) is 2.11. The molecule has 2 heteroatoms. The Morgan fingerprint density at radius 1 is 0.933 bits per heavy atom. The number of aromatic nitrogens is 2. The average molecular weight is 198 g/mol. The van der Waals surface area contributed by atoms with Crippen molar-refractivity contribution in [2.75, 3.05) is 0 Å². The Balaban J connectivity index is 2.60. The van der Waals surface area contributed by atoms with Gasteiger partial charge in [0.25, 0.3) is 0 Å². The Hall–Kier alpha value is -1.70. The van der Waals surface area contributed by atoms with Crippen LogP contribution in [0, 0.1) is 0 Å². The summed E-state index contributed by atoms with van der Waals surface area (Å²) in [6, 6.07) is 8.74. The number of fused-ring (bicyclic) bond motifs is 3. The standard InChI is InChI=1S/C13H14N2/c1-3-15-9-7-11-5-4-10-6-8-14(2)12(10)13(11)15/h4-9H,3H2,1-2H3. The molecule has 0 aliphatic rings. The summed E-state index contributed by atoms with van der Waals surface area (Å²) >= 11 is 0. The topological polar surface area (TPSA) is 9.86 Å². The van der Waals surface area contributed by atoms with E-state index in [1.54, 1.807) is 0 Å². The first kappa shape index (κ1) is 8.60. The van der Waals surface area contributed by atoms with Gasteiger partial charge in [-0.2, -0.15) is 0 Å². The first-order chi connectivity index (χ1) is 7.31. The first-order valence-corrected chi connectivity index (χ1v) is 5.34. The van der Waals surface area contributed by atoms with E-state index in [-0.39, 0.29) is 0 Å². The van der Waals surface area contributed by atoms with Gasteiger partial charge in [0, 0.05) is 36.8 Å². The van der Waals surface area contributed by atoms with E-state index in [4.69, 9.17) is 0 Å². The van der Waals surface area contributed by atoms with Crippen LogP contribution in [0.4, 0.5) is 0 Å². The number of aryl methyl sites for hydroxylation is 2. The van der Waals surface area contributed by atoms with Crippen molar-refractivity contribution in [2.24, 2.45) is 7.05 Å². The number of hydrogen-bond donors (Lipinski definition) is 0. The lowest BCUT2D eigenvalue weighted by Crippen LogP contribution is -1.94. The van der Waals surface area contributed by atoms with Crippen molar-refractivity contribution in [1.82, 2.24) is 9.13 Å². The molecular formula is C13H14N2. The second-order valence-electron chi connectivity index (χ2n) is 3.97. The summed E-state index contributed by atoms with van der Waals surface area (Å²) < 4.78 is 4.50. The lowest BCUT2D eigenvalue weighted by molar-refractivity contribution is 0.797. The van der Waals surface area contributed by atoms with Crippen molar-refractivity contribution in [3.8, 4) is 0 Å². The quantitative estimate of drug-likeness (QED) is 0.568. The van der Waals surface area contributed by atoms with Gasteiger partial charge in [0.05, 0.1) is 11.0 Å². The fourth-order valence-corrected chi connectivity index (χ4v) is 2.33. The molecule has 1 aromatic carbocycles. The lowest BCUT2D eigenvalue weighted by Gasteiger charge is -2.04. The molecule has 2 heterocycles. The molecule has 3 aromatic rings. The Morgan fingerprint density at radius 3 is 2.33 bits per heavy atom. The molecule has 0 fully saturated rings. The van der Waals surface area contributed by atoms with Crippen molar-refractivity contribution < 1.29 is 0 Å². The van der Waals surface area contributed by atoms with Gasteiger partial charge >= 0.3 is 0 Å². The third-order valence-electron chi connectivity index (χ3n) is 3.11. The van der Waals surface area contributed by atoms with Crippen LogP contribution in [-0.4, -0.2) is 9.13 Å². The van der Waals surface area contributed by atoms with Crippen LogP contribution in [0.15, 0.2) is 36.7 Å². The van der Waals surface area contributed by atoms with Crippen LogP contribution in [0.2, 0.25) is 0 Å². The molecule has 0 atom stereocenters. The van der Waals surface area contributed by atoms with E-state index in [2.05, 4.69) is 59.8 Å². The second-order valence-corrected chi connectivity index (χ2v) is 3.97. The minimum absolute atomic E-state index is 1.02. The molecule has 2 nitrogen and oxygen atoms in total. The van der Waals surface area contributed by atoms with Gasteiger partial charge in [0.2, 0.25) is 0 Å². The van der Waals surface area contributed by atoms with E-state index in [1.165, 1.54) is 21.8 Å². The average Bonchev–Trinajstić information content (AvgIpc) is 2.81. The number of rotatable bonds is 1. The molecule has 0 aliphatic heterocycles. The summed E-state index contributed by atoms with van der Waals surface area (Å²) in [4.78, 5) is 0. The van der Waals surface area contributed by atoms with Crippen LogP contribution in [0.1, 0.15) is 6.92 Å². The molecule has 0 amide bonds. The van der Waals surface area contributed by atoms with Gasteiger partial charge < -0.3 is 9.13 Å². The Morgan fingerprint density at radius 2 is 1.60 bits per heavy atom. The molecular weight excluding hydrogens is 184 g/mol. The molecule has 0 spiro atoms. The molecule has 0 N–H and O–H groups in total. The SMILES string of the molecule is CCn1ccc2ccc3ccn(C)c3c21. The molecule has 0 unspecified atom stereocenters. The summed E-state index contributed by atoms with van der Waals surface area (Å²) in [5, 5.41) is 2.64. The number of nitrogens with zero attached hydrogens (tertiary/aromatic N) is 2. The highest BCUT2D eigenvalue weighted by Crippen LogP contribution is 2.26. The molecule has 76 valence electrons. The monoisotopic (exact) mass is 198 g/mol. The highest BCUT2D eigenvalue weighted by Gasteiger charge is 2.07. The van der Waals surface area contributed by atoms with Crippen molar-refractivity contribution in [2.45, 2.75) is 13.5 Å². The normalized spacial score (nSPS) is 11.6. The van der Waals surface area contributed by atoms with Crippen LogP contribution in [0.3, 0.4) is 0 Å². The van der Waals surface area contributed by atoms with Crippen molar-refractivity contribution in [1.29, 1.82) is 0 Å². The maximum Gasteiger partial charge on any atom is 0.0727 e. The summed E-state index contributed by atoms with van der Waals surface area (Å²) in [6.07, 6.45) is 4.29. The van der Waals surface area contributed by atoms with E-state index in [0.717, 1.165) is 6.54 Å². The Bertz CT molecular complexity index is 628. The predicted molar refractivity (Wildman–Crippen MR) is 64.1 cm³/mol. The smallest absolute Gasteiger partial charge is 0.0727 e. The molecule has 0 bridgehead atoms. The van der Waals surface area contributed by atoms with E-state index >= 15 is 0 Å². The minimum atomic E-state index is 1.02. The molecule has 0 saturated carbocycles. The van der Waals surface area contributed by atoms with E-state index in [0.29, 0.717) is 0 Å². The largest absolute Gasteiger partial charge is 0.349 e.